The third-order valence-corrected chi connectivity index (χ3v) is 4.59. The summed E-state index contributed by atoms with van der Waals surface area (Å²) in [6.07, 6.45) is 5.03. The van der Waals surface area contributed by atoms with Gasteiger partial charge in [0.15, 0.2) is 0 Å². The van der Waals surface area contributed by atoms with E-state index in [0.717, 1.165) is 6.54 Å². The second-order valence-corrected chi connectivity index (χ2v) is 6.20. The summed E-state index contributed by atoms with van der Waals surface area (Å²) in [5, 5.41) is 3.43. The molecule has 0 bridgehead atoms. The molecular weight excluding hydrogens is 260 g/mol. The summed E-state index contributed by atoms with van der Waals surface area (Å²) < 4.78 is 0. The van der Waals surface area contributed by atoms with E-state index in [4.69, 9.17) is 0 Å². The number of nitrogens with one attached hydrogen (secondary N) is 1. The van der Waals surface area contributed by atoms with Gasteiger partial charge in [0, 0.05) is 19.6 Å². The van der Waals surface area contributed by atoms with Crippen molar-refractivity contribution < 1.29 is 4.79 Å². The van der Waals surface area contributed by atoms with Crippen LogP contribution in [-0.4, -0.2) is 30.4 Å². The molecule has 0 saturated heterocycles. The predicted molar refractivity (Wildman–Crippen MR) is 87.4 cm³/mol. The molecule has 0 aliphatic heterocycles. The van der Waals surface area contributed by atoms with Crippen molar-refractivity contribution in [2.75, 3.05) is 13.6 Å². The Balaban J connectivity index is 2.03. The number of hydrogen-bond donors (Lipinski definition) is 1. The van der Waals surface area contributed by atoms with E-state index in [-0.39, 0.29) is 18.0 Å². The van der Waals surface area contributed by atoms with Crippen molar-refractivity contribution in [3.8, 4) is 0 Å². The van der Waals surface area contributed by atoms with Gasteiger partial charge in [-0.05, 0) is 63.1 Å². The summed E-state index contributed by atoms with van der Waals surface area (Å²) in [6.45, 7) is 6.83. The molecular formula is C18H28N2O. The molecule has 1 aliphatic carbocycles. The Labute approximate surface area is 128 Å². The summed E-state index contributed by atoms with van der Waals surface area (Å²) in [7, 11) is 1.85. The number of fused-ring (bicyclic) bond motifs is 1. The van der Waals surface area contributed by atoms with Crippen LogP contribution in [0.5, 0.6) is 0 Å². The van der Waals surface area contributed by atoms with Crippen molar-refractivity contribution >= 4 is 5.91 Å². The molecule has 2 atom stereocenters. The molecule has 1 aromatic carbocycles. The lowest BCUT2D eigenvalue weighted by molar-refractivity contribution is -0.131. The number of benzene rings is 1. The van der Waals surface area contributed by atoms with Gasteiger partial charge in [-0.3, -0.25) is 10.1 Å². The first kappa shape index (κ1) is 16.0. The van der Waals surface area contributed by atoms with Crippen LogP contribution in [0.15, 0.2) is 18.2 Å². The van der Waals surface area contributed by atoms with Crippen molar-refractivity contribution in [2.24, 2.45) is 0 Å². The fourth-order valence-electron chi connectivity index (χ4n) is 3.05. The predicted octanol–water partition coefficient (Wildman–Crippen LogP) is 3.08. The topological polar surface area (TPSA) is 32.3 Å². The Morgan fingerprint density at radius 2 is 1.90 bits per heavy atom. The third kappa shape index (κ3) is 3.85. The highest BCUT2D eigenvalue weighted by Gasteiger charge is 2.19. The van der Waals surface area contributed by atoms with Gasteiger partial charge in [0.1, 0.15) is 0 Å². The molecule has 0 heterocycles. The van der Waals surface area contributed by atoms with Crippen LogP contribution in [-0.2, 0) is 17.6 Å². The molecule has 116 valence electrons. The minimum atomic E-state index is -0.152. The van der Waals surface area contributed by atoms with Crippen molar-refractivity contribution in [3.63, 3.8) is 0 Å². The molecule has 0 aromatic heterocycles. The summed E-state index contributed by atoms with van der Waals surface area (Å²) in [5.74, 6) is 0.155. The van der Waals surface area contributed by atoms with Crippen molar-refractivity contribution in [2.45, 2.75) is 58.5 Å². The summed E-state index contributed by atoms with van der Waals surface area (Å²) in [4.78, 5) is 13.9. The van der Waals surface area contributed by atoms with Crippen LogP contribution in [0.3, 0.4) is 0 Å². The minimum absolute atomic E-state index is 0.152. The number of aryl methyl sites for hydroxylation is 2. The van der Waals surface area contributed by atoms with E-state index >= 15 is 0 Å². The van der Waals surface area contributed by atoms with Crippen LogP contribution in [0.2, 0.25) is 0 Å². The van der Waals surface area contributed by atoms with Gasteiger partial charge in [0.2, 0.25) is 5.91 Å². The average molecular weight is 288 g/mol. The van der Waals surface area contributed by atoms with Crippen molar-refractivity contribution in [1.29, 1.82) is 0 Å². The van der Waals surface area contributed by atoms with Gasteiger partial charge in [-0.25, -0.2) is 0 Å². The Morgan fingerprint density at radius 1 is 1.24 bits per heavy atom. The first-order valence-corrected chi connectivity index (χ1v) is 8.15. The molecule has 2 unspecified atom stereocenters. The molecule has 1 aliphatic rings. The lowest BCUT2D eigenvalue weighted by Crippen LogP contribution is -2.43. The second kappa shape index (κ2) is 7.08. The van der Waals surface area contributed by atoms with Gasteiger partial charge in [0.25, 0.3) is 0 Å². The van der Waals surface area contributed by atoms with Crippen LogP contribution in [0.25, 0.3) is 0 Å². The normalized spacial score (nSPS) is 17.0. The molecule has 1 N–H and O–H groups in total. The van der Waals surface area contributed by atoms with Crippen LogP contribution < -0.4 is 5.32 Å². The molecule has 1 aromatic rings. The smallest absolute Gasteiger partial charge is 0.239 e. The van der Waals surface area contributed by atoms with Gasteiger partial charge in [-0.1, -0.05) is 18.2 Å². The van der Waals surface area contributed by atoms with Crippen LogP contribution in [0.4, 0.5) is 0 Å². The summed E-state index contributed by atoms with van der Waals surface area (Å²) in [6, 6.07) is 6.85. The maximum atomic E-state index is 12.1. The van der Waals surface area contributed by atoms with E-state index in [1.54, 1.807) is 4.90 Å². The zero-order valence-corrected chi connectivity index (χ0v) is 13.8. The van der Waals surface area contributed by atoms with E-state index < -0.39 is 0 Å². The Morgan fingerprint density at radius 3 is 2.57 bits per heavy atom. The number of rotatable bonds is 5. The maximum absolute atomic E-state index is 12.1. The van der Waals surface area contributed by atoms with Crippen LogP contribution in [0.1, 0.15) is 56.3 Å². The monoisotopic (exact) mass is 288 g/mol. The van der Waals surface area contributed by atoms with Gasteiger partial charge < -0.3 is 4.90 Å². The largest absolute Gasteiger partial charge is 0.345 e. The first-order chi connectivity index (χ1) is 10.0. The minimum Gasteiger partial charge on any atom is -0.345 e. The second-order valence-electron chi connectivity index (χ2n) is 6.20. The van der Waals surface area contributed by atoms with E-state index in [1.165, 1.54) is 42.4 Å². The highest BCUT2D eigenvalue weighted by atomic mass is 16.2. The zero-order valence-electron chi connectivity index (χ0n) is 13.8. The molecule has 2 rings (SSSR count). The molecule has 21 heavy (non-hydrogen) atoms. The first-order valence-electron chi connectivity index (χ1n) is 8.15. The number of carbonyl (C=O) groups is 1. The quantitative estimate of drug-likeness (QED) is 0.903. The number of nitrogens with zero attached hydrogens (tertiary/aromatic N) is 1. The van der Waals surface area contributed by atoms with Gasteiger partial charge in [0.05, 0.1) is 6.04 Å². The SMILES string of the molecule is CCN(C)C(=O)C(C)NC(C)c1ccc2c(c1)CCCC2. The molecule has 1 amide bonds. The Hall–Kier alpha value is -1.35. The van der Waals surface area contributed by atoms with Gasteiger partial charge in [-0.15, -0.1) is 0 Å². The summed E-state index contributed by atoms with van der Waals surface area (Å²) >= 11 is 0. The Kier molecular flexibility index (Phi) is 5.40. The number of likely N-dealkylation sites (N-methyl/N-ethyl adjacent to an activating group) is 1. The molecule has 0 radical (unpaired) electrons. The van der Waals surface area contributed by atoms with E-state index in [1.807, 2.05) is 20.9 Å². The molecule has 0 spiro atoms. The van der Waals surface area contributed by atoms with E-state index in [2.05, 4.69) is 30.4 Å². The number of carbonyl (C=O) groups excluding carboxylic acids is 1. The molecule has 3 heteroatoms. The number of amides is 1. The lowest BCUT2D eigenvalue weighted by Gasteiger charge is -2.25. The lowest BCUT2D eigenvalue weighted by atomic mass is 9.89. The standard InChI is InChI=1S/C18H28N2O/c1-5-20(4)18(21)14(3)19-13(2)16-11-10-15-8-6-7-9-17(15)12-16/h10-14,19H,5-9H2,1-4H3. The third-order valence-electron chi connectivity index (χ3n) is 4.59. The van der Waals surface area contributed by atoms with Gasteiger partial charge in [-0.2, -0.15) is 0 Å². The fraction of sp³-hybridized carbons (Fsp3) is 0.611. The average Bonchev–Trinajstić information content (AvgIpc) is 2.52. The van der Waals surface area contributed by atoms with Crippen molar-refractivity contribution in [3.05, 3.63) is 34.9 Å². The van der Waals surface area contributed by atoms with E-state index in [0.29, 0.717) is 0 Å². The Bertz CT molecular complexity index is 498. The van der Waals surface area contributed by atoms with Crippen LogP contribution >= 0.6 is 0 Å². The van der Waals surface area contributed by atoms with Gasteiger partial charge >= 0.3 is 0 Å². The maximum Gasteiger partial charge on any atom is 0.239 e. The molecule has 0 saturated carbocycles. The van der Waals surface area contributed by atoms with E-state index in [9.17, 15) is 4.79 Å². The summed E-state index contributed by atoms with van der Waals surface area (Å²) in [5.41, 5.74) is 4.29. The highest BCUT2D eigenvalue weighted by Crippen LogP contribution is 2.25. The number of hydrogen-bond acceptors (Lipinski definition) is 2. The van der Waals surface area contributed by atoms with Crippen molar-refractivity contribution in [1.82, 2.24) is 10.2 Å². The molecule has 0 fully saturated rings. The van der Waals surface area contributed by atoms with Crippen LogP contribution in [0, 0.1) is 0 Å². The zero-order chi connectivity index (χ0) is 15.4. The highest BCUT2D eigenvalue weighted by molar-refractivity contribution is 5.81. The fourth-order valence-corrected chi connectivity index (χ4v) is 3.05. The molecule has 3 nitrogen and oxygen atoms in total.